The molecular formula is C18H25FN4O2. The molecule has 0 spiro atoms. The maximum atomic E-state index is 13.1. The van der Waals surface area contributed by atoms with E-state index in [2.05, 4.69) is 15.7 Å². The molecular weight excluding hydrogens is 323 g/mol. The van der Waals surface area contributed by atoms with E-state index < -0.39 is 6.10 Å². The molecule has 0 fully saturated rings. The first-order chi connectivity index (χ1) is 11.9. The molecule has 0 aliphatic heterocycles. The molecule has 0 saturated heterocycles. The lowest BCUT2D eigenvalue weighted by atomic mass is 10.1. The Balaban J connectivity index is 1.99. The minimum Gasteiger partial charge on any atom is -0.391 e. The van der Waals surface area contributed by atoms with Gasteiger partial charge in [-0.15, -0.1) is 0 Å². The standard InChI is InChI=1S/C18H25FN4O2/c1-4-5-16(24)10-20-18(25)22-12(2)17-11-21-23(13(17)3)15-8-6-14(19)7-9-15/h6-9,11-12,16,24H,4-5,10H2,1-3H3,(H2,20,22,25). The van der Waals surface area contributed by atoms with E-state index in [1.54, 1.807) is 23.0 Å². The van der Waals surface area contributed by atoms with E-state index in [1.165, 1.54) is 12.1 Å². The predicted molar refractivity (Wildman–Crippen MR) is 94.1 cm³/mol. The Kier molecular flexibility index (Phi) is 6.52. The van der Waals surface area contributed by atoms with Gasteiger partial charge in [-0.3, -0.25) is 0 Å². The second-order valence-electron chi connectivity index (χ2n) is 6.09. The number of aliphatic hydroxyl groups is 1. The maximum Gasteiger partial charge on any atom is 0.315 e. The van der Waals surface area contributed by atoms with Crippen LogP contribution in [0.5, 0.6) is 0 Å². The lowest BCUT2D eigenvalue weighted by Crippen LogP contribution is -2.40. The Bertz CT molecular complexity index is 700. The van der Waals surface area contributed by atoms with Gasteiger partial charge >= 0.3 is 6.03 Å². The SMILES string of the molecule is CCCC(O)CNC(=O)NC(C)c1cnn(-c2ccc(F)cc2)c1C. The third-order valence-electron chi connectivity index (χ3n) is 4.05. The van der Waals surface area contributed by atoms with E-state index in [9.17, 15) is 14.3 Å². The largest absolute Gasteiger partial charge is 0.391 e. The van der Waals surface area contributed by atoms with Crippen LogP contribution >= 0.6 is 0 Å². The molecule has 2 atom stereocenters. The van der Waals surface area contributed by atoms with Crippen molar-refractivity contribution in [2.75, 3.05) is 6.54 Å². The van der Waals surface area contributed by atoms with E-state index in [0.29, 0.717) is 6.42 Å². The second-order valence-corrected chi connectivity index (χ2v) is 6.09. The summed E-state index contributed by atoms with van der Waals surface area (Å²) in [6, 6.07) is 5.48. The number of aromatic nitrogens is 2. The van der Waals surface area contributed by atoms with Crippen LogP contribution in [0.1, 0.15) is 44.0 Å². The maximum absolute atomic E-state index is 13.1. The fourth-order valence-electron chi connectivity index (χ4n) is 2.66. The zero-order valence-corrected chi connectivity index (χ0v) is 14.8. The number of nitrogens with one attached hydrogen (secondary N) is 2. The molecule has 0 aliphatic carbocycles. The highest BCUT2D eigenvalue weighted by atomic mass is 19.1. The number of hydrogen-bond donors (Lipinski definition) is 3. The van der Waals surface area contributed by atoms with Crippen molar-refractivity contribution in [1.82, 2.24) is 20.4 Å². The van der Waals surface area contributed by atoms with Gasteiger partial charge in [-0.25, -0.2) is 13.9 Å². The van der Waals surface area contributed by atoms with Gasteiger partial charge in [-0.1, -0.05) is 13.3 Å². The molecule has 25 heavy (non-hydrogen) atoms. The van der Waals surface area contributed by atoms with Crippen LogP contribution in [0.25, 0.3) is 5.69 Å². The van der Waals surface area contributed by atoms with Crippen LogP contribution in [-0.4, -0.2) is 33.6 Å². The quantitative estimate of drug-likeness (QED) is 0.720. The van der Waals surface area contributed by atoms with Gasteiger partial charge in [0.25, 0.3) is 0 Å². The van der Waals surface area contributed by atoms with Crippen LogP contribution in [0.3, 0.4) is 0 Å². The minimum absolute atomic E-state index is 0.222. The smallest absolute Gasteiger partial charge is 0.315 e. The van der Waals surface area contributed by atoms with Crippen LogP contribution in [0.2, 0.25) is 0 Å². The summed E-state index contributed by atoms with van der Waals surface area (Å²) in [5.74, 6) is -0.300. The number of aliphatic hydroxyl groups excluding tert-OH is 1. The predicted octanol–water partition coefficient (Wildman–Crippen LogP) is 2.84. The lowest BCUT2D eigenvalue weighted by molar-refractivity contribution is 0.160. The first kappa shape index (κ1) is 18.9. The van der Waals surface area contributed by atoms with Crippen molar-refractivity contribution >= 4 is 6.03 Å². The minimum atomic E-state index is -0.533. The van der Waals surface area contributed by atoms with Crippen LogP contribution < -0.4 is 10.6 Å². The Morgan fingerprint density at radius 1 is 1.36 bits per heavy atom. The van der Waals surface area contributed by atoms with Gasteiger partial charge in [0.05, 0.1) is 24.0 Å². The first-order valence-electron chi connectivity index (χ1n) is 8.45. The van der Waals surface area contributed by atoms with Crippen LogP contribution in [0.15, 0.2) is 30.5 Å². The molecule has 1 heterocycles. The van der Waals surface area contributed by atoms with Crippen molar-refractivity contribution in [3.63, 3.8) is 0 Å². The van der Waals surface area contributed by atoms with Gasteiger partial charge in [0.15, 0.2) is 0 Å². The van der Waals surface area contributed by atoms with E-state index in [-0.39, 0.29) is 24.4 Å². The molecule has 0 saturated carbocycles. The van der Waals surface area contributed by atoms with E-state index >= 15 is 0 Å². The molecule has 2 aromatic rings. The Morgan fingerprint density at radius 3 is 2.68 bits per heavy atom. The summed E-state index contributed by atoms with van der Waals surface area (Å²) in [6.45, 7) is 5.96. The highest BCUT2D eigenvalue weighted by molar-refractivity contribution is 5.74. The molecule has 7 heteroatoms. The Labute approximate surface area is 147 Å². The molecule has 0 aliphatic rings. The van der Waals surface area contributed by atoms with Crippen molar-refractivity contribution in [2.24, 2.45) is 0 Å². The average Bonchev–Trinajstić information content (AvgIpc) is 2.96. The molecule has 6 nitrogen and oxygen atoms in total. The van der Waals surface area contributed by atoms with E-state index in [1.807, 2.05) is 20.8 Å². The summed E-state index contributed by atoms with van der Waals surface area (Å²) in [5, 5.41) is 19.5. The van der Waals surface area contributed by atoms with Crippen molar-refractivity contribution in [1.29, 1.82) is 0 Å². The lowest BCUT2D eigenvalue weighted by Gasteiger charge is -2.16. The van der Waals surface area contributed by atoms with Gasteiger partial charge < -0.3 is 15.7 Å². The van der Waals surface area contributed by atoms with Gasteiger partial charge in [-0.05, 0) is 44.5 Å². The van der Waals surface area contributed by atoms with Crippen molar-refractivity contribution in [3.05, 3.63) is 47.5 Å². The van der Waals surface area contributed by atoms with Crippen molar-refractivity contribution < 1.29 is 14.3 Å². The zero-order chi connectivity index (χ0) is 18.4. The number of hydrogen-bond acceptors (Lipinski definition) is 3. The fraction of sp³-hybridized carbons (Fsp3) is 0.444. The van der Waals surface area contributed by atoms with E-state index in [4.69, 9.17) is 0 Å². The Morgan fingerprint density at radius 2 is 2.04 bits per heavy atom. The van der Waals surface area contributed by atoms with Crippen molar-refractivity contribution in [2.45, 2.75) is 45.8 Å². The van der Waals surface area contributed by atoms with Crippen LogP contribution in [0, 0.1) is 12.7 Å². The molecule has 2 unspecified atom stereocenters. The van der Waals surface area contributed by atoms with Gasteiger partial charge in [0, 0.05) is 17.8 Å². The number of benzene rings is 1. The number of amides is 2. The summed E-state index contributed by atoms with van der Waals surface area (Å²) >= 11 is 0. The summed E-state index contributed by atoms with van der Waals surface area (Å²) in [4.78, 5) is 12.0. The molecule has 2 rings (SSSR count). The first-order valence-corrected chi connectivity index (χ1v) is 8.45. The molecule has 136 valence electrons. The molecule has 0 radical (unpaired) electrons. The number of nitrogens with zero attached hydrogens (tertiary/aromatic N) is 2. The summed E-state index contributed by atoms with van der Waals surface area (Å²) in [5.41, 5.74) is 2.49. The number of rotatable bonds is 7. The summed E-state index contributed by atoms with van der Waals surface area (Å²) in [7, 11) is 0. The van der Waals surface area contributed by atoms with Gasteiger partial charge in [-0.2, -0.15) is 5.10 Å². The van der Waals surface area contributed by atoms with Crippen LogP contribution in [-0.2, 0) is 0 Å². The normalized spacial score (nSPS) is 13.3. The highest BCUT2D eigenvalue weighted by Gasteiger charge is 2.16. The third-order valence-corrected chi connectivity index (χ3v) is 4.05. The summed E-state index contributed by atoms with van der Waals surface area (Å²) in [6.07, 6.45) is 2.67. The molecule has 2 amide bonds. The van der Waals surface area contributed by atoms with Crippen LogP contribution in [0.4, 0.5) is 9.18 Å². The summed E-state index contributed by atoms with van der Waals surface area (Å²) < 4.78 is 14.8. The third kappa shape index (κ3) is 5.03. The highest BCUT2D eigenvalue weighted by Crippen LogP contribution is 2.20. The molecule has 1 aromatic heterocycles. The zero-order valence-electron chi connectivity index (χ0n) is 14.8. The number of carbonyl (C=O) groups excluding carboxylic acids is 1. The second kappa shape index (κ2) is 8.62. The monoisotopic (exact) mass is 348 g/mol. The van der Waals surface area contributed by atoms with Crippen molar-refractivity contribution in [3.8, 4) is 5.69 Å². The fourth-order valence-corrected chi connectivity index (χ4v) is 2.66. The van der Waals surface area contributed by atoms with E-state index in [0.717, 1.165) is 23.4 Å². The molecule has 1 aromatic carbocycles. The number of carbonyl (C=O) groups is 1. The topological polar surface area (TPSA) is 79.2 Å². The molecule has 0 bridgehead atoms. The molecule has 3 N–H and O–H groups in total. The Hall–Kier alpha value is -2.41. The number of urea groups is 1. The van der Waals surface area contributed by atoms with Gasteiger partial charge in [0.1, 0.15) is 5.82 Å². The average molecular weight is 348 g/mol. The van der Waals surface area contributed by atoms with Gasteiger partial charge in [0.2, 0.25) is 0 Å². The number of halogens is 1.